The molecule has 1 amide bonds. The molecule has 3 aromatic rings. The number of hydrogen-bond donors (Lipinski definition) is 1. The van der Waals surface area contributed by atoms with E-state index in [0.717, 1.165) is 23.4 Å². The van der Waals surface area contributed by atoms with Crippen LogP contribution in [-0.4, -0.2) is 15.7 Å². The molecule has 0 fully saturated rings. The van der Waals surface area contributed by atoms with Crippen LogP contribution in [0.4, 0.5) is 0 Å². The third kappa shape index (κ3) is 3.21. The Balaban J connectivity index is 1.70. The van der Waals surface area contributed by atoms with Crippen molar-refractivity contribution in [3.05, 3.63) is 64.6 Å². The molecular formula is C18H18ClN3O2. The van der Waals surface area contributed by atoms with Crippen LogP contribution in [0.1, 0.15) is 28.7 Å². The van der Waals surface area contributed by atoms with Crippen molar-refractivity contribution in [2.24, 2.45) is 0 Å². The van der Waals surface area contributed by atoms with Crippen LogP contribution in [0, 0.1) is 6.92 Å². The molecule has 1 N–H and O–H groups in total. The van der Waals surface area contributed by atoms with E-state index in [0.29, 0.717) is 17.3 Å². The van der Waals surface area contributed by atoms with Crippen LogP contribution in [-0.2, 0) is 13.1 Å². The third-order valence-corrected chi connectivity index (χ3v) is 4.24. The van der Waals surface area contributed by atoms with E-state index in [9.17, 15) is 4.79 Å². The number of aromatic nitrogens is 2. The fraction of sp³-hybridized carbons (Fsp3) is 0.222. The quantitative estimate of drug-likeness (QED) is 0.760. The lowest BCUT2D eigenvalue weighted by Crippen LogP contribution is -2.22. The summed E-state index contributed by atoms with van der Waals surface area (Å²) >= 11 is 6.15. The van der Waals surface area contributed by atoms with E-state index in [2.05, 4.69) is 10.4 Å². The van der Waals surface area contributed by atoms with Gasteiger partial charge >= 0.3 is 0 Å². The minimum absolute atomic E-state index is 0.255. The molecule has 2 aromatic heterocycles. The molecule has 0 spiro atoms. The zero-order chi connectivity index (χ0) is 17.1. The zero-order valence-corrected chi connectivity index (χ0v) is 14.3. The lowest BCUT2D eigenvalue weighted by atomic mass is 10.2. The minimum Gasteiger partial charge on any atom is -0.451 e. The Kier molecular flexibility index (Phi) is 4.71. The largest absolute Gasteiger partial charge is 0.451 e. The summed E-state index contributed by atoms with van der Waals surface area (Å²) in [6.45, 7) is 5.23. The molecule has 6 heteroatoms. The number of carbonyl (C=O) groups excluding carboxylic acids is 1. The van der Waals surface area contributed by atoms with Crippen molar-refractivity contribution in [3.8, 4) is 11.3 Å². The Morgan fingerprint density at radius 3 is 2.79 bits per heavy atom. The topological polar surface area (TPSA) is 60.1 Å². The molecule has 0 unspecified atom stereocenters. The summed E-state index contributed by atoms with van der Waals surface area (Å²) in [6, 6.07) is 10.8. The number of carbonyl (C=O) groups is 1. The number of halogens is 1. The summed E-state index contributed by atoms with van der Waals surface area (Å²) in [6.07, 6.45) is 1.77. The standard InChI is InChI=1S/C18H18ClN3O2/c1-3-22-12(2)13(11-21-22)10-20-18(23)17-9-8-16(24-17)14-6-4-5-7-15(14)19/h4-9,11H,3,10H2,1-2H3,(H,20,23). The second kappa shape index (κ2) is 6.93. The highest BCUT2D eigenvalue weighted by molar-refractivity contribution is 6.33. The second-order valence-electron chi connectivity index (χ2n) is 5.40. The Morgan fingerprint density at radius 2 is 2.08 bits per heavy atom. The van der Waals surface area contributed by atoms with Gasteiger partial charge in [-0.25, -0.2) is 0 Å². The van der Waals surface area contributed by atoms with Gasteiger partial charge in [0.05, 0.1) is 11.2 Å². The summed E-state index contributed by atoms with van der Waals surface area (Å²) in [5.41, 5.74) is 2.80. The molecule has 24 heavy (non-hydrogen) atoms. The first-order chi connectivity index (χ1) is 11.6. The predicted molar refractivity (Wildman–Crippen MR) is 93.0 cm³/mol. The monoisotopic (exact) mass is 343 g/mol. The van der Waals surface area contributed by atoms with Gasteiger partial charge in [0.2, 0.25) is 0 Å². The van der Waals surface area contributed by atoms with E-state index in [4.69, 9.17) is 16.0 Å². The van der Waals surface area contributed by atoms with Crippen LogP contribution in [0.3, 0.4) is 0 Å². The molecule has 1 aromatic carbocycles. The second-order valence-corrected chi connectivity index (χ2v) is 5.80. The normalized spacial score (nSPS) is 10.8. The zero-order valence-electron chi connectivity index (χ0n) is 13.5. The highest BCUT2D eigenvalue weighted by Crippen LogP contribution is 2.29. The van der Waals surface area contributed by atoms with Crippen LogP contribution in [0.2, 0.25) is 5.02 Å². The van der Waals surface area contributed by atoms with Gasteiger partial charge in [-0.3, -0.25) is 9.48 Å². The van der Waals surface area contributed by atoms with Crippen LogP contribution >= 0.6 is 11.6 Å². The Morgan fingerprint density at radius 1 is 1.29 bits per heavy atom. The fourth-order valence-corrected chi connectivity index (χ4v) is 2.73. The van der Waals surface area contributed by atoms with Gasteiger partial charge in [0.1, 0.15) is 5.76 Å². The molecule has 0 saturated carbocycles. The van der Waals surface area contributed by atoms with Gasteiger partial charge in [0.15, 0.2) is 5.76 Å². The van der Waals surface area contributed by atoms with Gasteiger partial charge < -0.3 is 9.73 Å². The van der Waals surface area contributed by atoms with Crippen molar-refractivity contribution in [1.82, 2.24) is 15.1 Å². The summed E-state index contributed by atoms with van der Waals surface area (Å²) in [7, 11) is 0. The molecule has 0 bridgehead atoms. The molecule has 5 nitrogen and oxygen atoms in total. The van der Waals surface area contributed by atoms with Gasteiger partial charge in [0.25, 0.3) is 5.91 Å². The SMILES string of the molecule is CCn1ncc(CNC(=O)c2ccc(-c3ccccc3Cl)o2)c1C. The average Bonchev–Trinajstić information content (AvgIpc) is 3.20. The highest BCUT2D eigenvalue weighted by Gasteiger charge is 2.14. The summed E-state index contributed by atoms with van der Waals surface area (Å²) < 4.78 is 7.53. The van der Waals surface area contributed by atoms with Gasteiger partial charge in [-0.2, -0.15) is 5.10 Å². The van der Waals surface area contributed by atoms with Crippen LogP contribution in [0.5, 0.6) is 0 Å². The molecule has 0 aliphatic carbocycles. The Bertz CT molecular complexity index is 867. The van der Waals surface area contributed by atoms with Crippen molar-refractivity contribution >= 4 is 17.5 Å². The van der Waals surface area contributed by atoms with E-state index in [1.165, 1.54) is 0 Å². The molecule has 0 aliphatic heterocycles. The van der Waals surface area contributed by atoms with Crippen LogP contribution in [0.25, 0.3) is 11.3 Å². The van der Waals surface area contributed by atoms with E-state index in [1.54, 1.807) is 24.4 Å². The molecule has 0 atom stereocenters. The van der Waals surface area contributed by atoms with Gasteiger partial charge in [-0.15, -0.1) is 0 Å². The van der Waals surface area contributed by atoms with E-state index >= 15 is 0 Å². The first-order valence-corrected chi connectivity index (χ1v) is 8.12. The highest BCUT2D eigenvalue weighted by atomic mass is 35.5. The number of nitrogens with zero attached hydrogens (tertiary/aromatic N) is 2. The molecule has 2 heterocycles. The maximum absolute atomic E-state index is 12.3. The van der Waals surface area contributed by atoms with Crippen LogP contribution < -0.4 is 5.32 Å². The number of benzene rings is 1. The van der Waals surface area contributed by atoms with E-state index in [-0.39, 0.29) is 11.7 Å². The smallest absolute Gasteiger partial charge is 0.287 e. The van der Waals surface area contributed by atoms with Crippen molar-refractivity contribution < 1.29 is 9.21 Å². The third-order valence-electron chi connectivity index (χ3n) is 3.91. The van der Waals surface area contributed by atoms with Crippen molar-refractivity contribution in [1.29, 1.82) is 0 Å². The number of rotatable bonds is 5. The molecule has 3 rings (SSSR count). The first-order valence-electron chi connectivity index (χ1n) is 7.74. The van der Waals surface area contributed by atoms with Gasteiger partial charge in [-0.1, -0.05) is 23.7 Å². The molecule has 0 aliphatic rings. The van der Waals surface area contributed by atoms with Crippen molar-refractivity contribution in [2.45, 2.75) is 26.9 Å². The lowest BCUT2D eigenvalue weighted by molar-refractivity contribution is 0.0924. The predicted octanol–water partition coefficient (Wildman–Crippen LogP) is 4.05. The fourth-order valence-electron chi connectivity index (χ4n) is 2.51. The number of hydrogen-bond acceptors (Lipinski definition) is 3. The number of amides is 1. The van der Waals surface area contributed by atoms with E-state index < -0.39 is 0 Å². The van der Waals surface area contributed by atoms with E-state index in [1.807, 2.05) is 36.7 Å². The van der Waals surface area contributed by atoms with Gasteiger partial charge in [0, 0.05) is 29.9 Å². The minimum atomic E-state index is -0.267. The number of furan rings is 1. The van der Waals surface area contributed by atoms with Crippen molar-refractivity contribution in [2.75, 3.05) is 0 Å². The summed E-state index contributed by atoms with van der Waals surface area (Å²) in [5, 5.41) is 7.70. The maximum Gasteiger partial charge on any atom is 0.287 e. The molecule has 124 valence electrons. The first kappa shape index (κ1) is 16.3. The average molecular weight is 344 g/mol. The van der Waals surface area contributed by atoms with Gasteiger partial charge in [-0.05, 0) is 38.1 Å². The van der Waals surface area contributed by atoms with Crippen molar-refractivity contribution in [3.63, 3.8) is 0 Å². The summed E-state index contributed by atoms with van der Waals surface area (Å²) in [5.74, 6) is 0.558. The maximum atomic E-state index is 12.3. The Hall–Kier alpha value is -2.53. The Labute approximate surface area is 145 Å². The number of nitrogens with one attached hydrogen (secondary N) is 1. The van der Waals surface area contributed by atoms with Crippen LogP contribution in [0.15, 0.2) is 47.0 Å². The number of aryl methyl sites for hydroxylation is 1. The summed E-state index contributed by atoms with van der Waals surface area (Å²) in [4.78, 5) is 12.3. The lowest BCUT2D eigenvalue weighted by Gasteiger charge is -2.04. The molecular weight excluding hydrogens is 326 g/mol. The molecule has 0 radical (unpaired) electrons. The molecule has 0 saturated heterocycles.